The minimum absolute atomic E-state index is 0.607. The zero-order valence-electron chi connectivity index (χ0n) is 22.3. The molecule has 6 aromatic carbocycles. The number of rotatable bonds is 4. The van der Waals surface area contributed by atoms with Gasteiger partial charge in [-0.2, -0.15) is 0 Å². The summed E-state index contributed by atoms with van der Waals surface area (Å²) in [6, 6.07) is 46.2. The van der Waals surface area contributed by atoms with Crippen LogP contribution in [0.1, 0.15) is 0 Å². The maximum absolute atomic E-state index is 6.45. The molecule has 0 N–H and O–H groups in total. The summed E-state index contributed by atoms with van der Waals surface area (Å²) >= 11 is 1.83. The molecule has 0 saturated carbocycles. The first-order valence-electron chi connectivity index (χ1n) is 13.9. The lowest BCUT2D eigenvalue weighted by Gasteiger charge is -2.25. The van der Waals surface area contributed by atoms with E-state index in [2.05, 4.69) is 89.8 Å². The van der Waals surface area contributed by atoms with Crippen molar-refractivity contribution < 1.29 is 8.83 Å². The molecule has 0 amide bonds. The Morgan fingerprint density at radius 2 is 1.21 bits per heavy atom. The lowest BCUT2D eigenvalue weighted by molar-refractivity contribution is 0.619. The number of hydrogen-bond acceptors (Lipinski definition) is 5. The fraction of sp³-hybridized carbons (Fsp3) is 0. The van der Waals surface area contributed by atoms with Crippen LogP contribution in [0.2, 0.25) is 0 Å². The molecule has 9 aromatic rings. The lowest BCUT2D eigenvalue weighted by Crippen LogP contribution is -2.09. The first kappa shape index (κ1) is 23.3. The van der Waals surface area contributed by atoms with Gasteiger partial charge in [0.1, 0.15) is 16.7 Å². The first-order valence-corrected chi connectivity index (χ1v) is 14.7. The Balaban J connectivity index is 1.23. The minimum Gasteiger partial charge on any atom is -0.456 e. The van der Waals surface area contributed by atoms with Gasteiger partial charge in [-0.3, -0.25) is 0 Å². The molecule has 3 aromatic heterocycles. The van der Waals surface area contributed by atoms with Crippen molar-refractivity contribution in [2.24, 2.45) is 0 Å². The van der Waals surface area contributed by atoms with E-state index in [0.29, 0.717) is 5.89 Å². The molecule has 4 nitrogen and oxygen atoms in total. The molecule has 0 aliphatic carbocycles. The number of benzene rings is 6. The van der Waals surface area contributed by atoms with Crippen molar-refractivity contribution in [3.8, 4) is 11.5 Å². The molecule has 5 heteroatoms. The van der Waals surface area contributed by atoms with Crippen molar-refractivity contribution in [3.63, 3.8) is 0 Å². The Morgan fingerprint density at radius 1 is 0.500 bits per heavy atom. The van der Waals surface area contributed by atoms with Crippen LogP contribution in [0.5, 0.6) is 0 Å². The average molecular weight is 559 g/mol. The van der Waals surface area contributed by atoms with Gasteiger partial charge in [0, 0.05) is 54.3 Å². The van der Waals surface area contributed by atoms with Crippen LogP contribution in [0.3, 0.4) is 0 Å². The summed E-state index contributed by atoms with van der Waals surface area (Å²) in [5, 5.41) is 4.53. The summed E-state index contributed by atoms with van der Waals surface area (Å²) in [7, 11) is 0. The smallest absolute Gasteiger partial charge is 0.227 e. The van der Waals surface area contributed by atoms with Crippen LogP contribution in [-0.4, -0.2) is 4.98 Å². The summed E-state index contributed by atoms with van der Waals surface area (Å²) in [4.78, 5) is 7.19. The zero-order valence-corrected chi connectivity index (χ0v) is 23.1. The number of para-hydroxylation sites is 1. The highest BCUT2D eigenvalue weighted by Crippen LogP contribution is 2.43. The number of aromatic nitrogens is 1. The molecule has 0 spiro atoms. The highest BCUT2D eigenvalue weighted by atomic mass is 32.1. The van der Waals surface area contributed by atoms with E-state index in [0.717, 1.165) is 55.7 Å². The molecule has 0 saturated heterocycles. The molecule has 198 valence electrons. The van der Waals surface area contributed by atoms with E-state index in [1.54, 1.807) is 0 Å². The van der Waals surface area contributed by atoms with Crippen molar-refractivity contribution in [1.82, 2.24) is 4.98 Å². The maximum Gasteiger partial charge on any atom is 0.227 e. The Bertz CT molecular complexity index is 2420. The van der Waals surface area contributed by atoms with Crippen LogP contribution in [0.25, 0.3) is 64.7 Å². The number of nitrogens with zero attached hydrogens (tertiary/aromatic N) is 2. The Morgan fingerprint density at radius 3 is 2.10 bits per heavy atom. The van der Waals surface area contributed by atoms with Crippen LogP contribution in [0, 0.1) is 0 Å². The number of fused-ring (bicyclic) bond motifs is 8. The SMILES string of the molecule is c1ccc(-c2nc3c(ccc4oc5cc(N(c6ccccc6)c6ccc7sc8ccccc8c7c6)ccc5c43)o2)cc1. The van der Waals surface area contributed by atoms with E-state index >= 15 is 0 Å². The lowest BCUT2D eigenvalue weighted by atomic mass is 10.1. The van der Waals surface area contributed by atoms with Gasteiger partial charge >= 0.3 is 0 Å². The van der Waals surface area contributed by atoms with Gasteiger partial charge in [0.05, 0.1) is 5.39 Å². The molecular formula is C37H22N2O2S. The maximum atomic E-state index is 6.45. The van der Waals surface area contributed by atoms with E-state index in [4.69, 9.17) is 13.8 Å². The Labute approximate surface area is 244 Å². The van der Waals surface area contributed by atoms with Gasteiger partial charge in [-0.05, 0) is 72.8 Å². The molecule has 0 aliphatic heterocycles. The van der Waals surface area contributed by atoms with Crippen molar-refractivity contribution in [2.75, 3.05) is 4.90 Å². The monoisotopic (exact) mass is 558 g/mol. The van der Waals surface area contributed by atoms with E-state index in [1.807, 2.05) is 59.9 Å². The van der Waals surface area contributed by atoms with Crippen LogP contribution in [0.15, 0.2) is 142 Å². The van der Waals surface area contributed by atoms with E-state index in [-0.39, 0.29) is 0 Å². The third kappa shape index (κ3) is 3.57. The van der Waals surface area contributed by atoms with Gasteiger partial charge in [-0.25, -0.2) is 4.98 Å². The van der Waals surface area contributed by atoms with Crippen molar-refractivity contribution in [2.45, 2.75) is 0 Å². The molecule has 0 bridgehead atoms. The standard InChI is InChI=1S/C37H22N2O2S/c1-3-9-23(10-4-1)37-38-36-31(41-37)19-18-30-35(36)28-17-15-26(22-32(28)40-30)39(24-11-5-2-6-12-24)25-16-20-34-29(21-25)27-13-7-8-14-33(27)42-34/h1-22H. The van der Waals surface area contributed by atoms with Crippen LogP contribution in [-0.2, 0) is 0 Å². The number of furan rings is 1. The third-order valence-electron chi connectivity index (χ3n) is 7.89. The third-order valence-corrected chi connectivity index (χ3v) is 9.04. The van der Waals surface area contributed by atoms with Gasteiger partial charge in [-0.1, -0.05) is 54.6 Å². The van der Waals surface area contributed by atoms with E-state index in [1.165, 1.54) is 20.2 Å². The van der Waals surface area contributed by atoms with Gasteiger partial charge in [-0.15, -0.1) is 11.3 Å². The second-order valence-electron chi connectivity index (χ2n) is 10.4. The average Bonchev–Trinajstić information content (AvgIpc) is 3.75. The van der Waals surface area contributed by atoms with Crippen LogP contribution in [0.4, 0.5) is 17.1 Å². The van der Waals surface area contributed by atoms with Crippen molar-refractivity contribution >= 4 is 81.6 Å². The van der Waals surface area contributed by atoms with E-state index in [9.17, 15) is 0 Å². The van der Waals surface area contributed by atoms with Gasteiger partial charge in [0.2, 0.25) is 5.89 Å². The quantitative estimate of drug-likeness (QED) is 0.215. The fourth-order valence-electron chi connectivity index (χ4n) is 5.96. The van der Waals surface area contributed by atoms with Gasteiger partial charge < -0.3 is 13.7 Å². The second-order valence-corrected chi connectivity index (χ2v) is 11.5. The van der Waals surface area contributed by atoms with E-state index < -0.39 is 0 Å². The molecule has 0 fully saturated rings. The number of anilines is 3. The number of oxazole rings is 1. The molecule has 42 heavy (non-hydrogen) atoms. The molecular weight excluding hydrogens is 536 g/mol. The van der Waals surface area contributed by atoms with Gasteiger partial charge in [0.15, 0.2) is 5.58 Å². The largest absolute Gasteiger partial charge is 0.456 e. The highest BCUT2D eigenvalue weighted by molar-refractivity contribution is 7.25. The first-order chi connectivity index (χ1) is 20.8. The topological polar surface area (TPSA) is 42.4 Å². The molecule has 0 aliphatic rings. The predicted molar refractivity (Wildman–Crippen MR) is 174 cm³/mol. The second kappa shape index (κ2) is 9.06. The summed E-state index contributed by atoms with van der Waals surface area (Å²) < 4.78 is 15.2. The number of hydrogen-bond donors (Lipinski definition) is 0. The normalized spacial score (nSPS) is 11.8. The van der Waals surface area contributed by atoms with Crippen LogP contribution >= 0.6 is 11.3 Å². The van der Waals surface area contributed by atoms with Gasteiger partial charge in [0.25, 0.3) is 0 Å². The molecule has 0 radical (unpaired) electrons. The van der Waals surface area contributed by atoms with Crippen molar-refractivity contribution in [3.05, 3.63) is 133 Å². The Kier molecular flexibility index (Phi) is 5.03. The summed E-state index contributed by atoms with van der Waals surface area (Å²) in [6.07, 6.45) is 0. The number of thiophene rings is 1. The predicted octanol–water partition coefficient (Wildman–Crippen LogP) is 11.2. The minimum atomic E-state index is 0.607. The van der Waals surface area contributed by atoms with Crippen molar-refractivity contribution in [1.29, 1.82) is 0 Å². The molecule has 0 unspecified atom stereocenters. The Hall–Kier alpha value is -5.39. The molecule has 3 heterocycles. The summed E-state index contributed by atoms with van der Waals surface area (Å²) in [6.45, 7) is 0. The van der Waals surface area contributed by atoms with Crippen LogP contribution < -0.4 is 4.90 Å². The molecule has 0 atom stereocenters. The summed E-state index contributed by atoms with van der Waals surface area (Å²) in [5.41, 5.74) is 7.31. The summed E-state index contributed by atoms with van der Waals surface area (Å²) in [5.74, 6) is 0.607. The zero-order chi connectivity index (χ0) is 27.6. The highest BCUT2D eigenvalue weighted by Gasteiger charge is 2.19. The fourth-order valence-corrected chi connectivity index (χ4v) is 7.05. The molecule has 9 rings (SSSR count).